The number of rotatable bonds is 7. The average Bonchev–Trinajstić information content (AvgIpc) is 2.58. The second-order valence-electron chi connectivity index (χ2n) is 8.36. The first-order valence-corrected chi connectivity index (χ1v) is 9.55. The van der Waals surface area contributed by atoms with Gasteiger partial charge in [0.05, 0.1) is 25.2 Å². The van der Waals surface area contributed by atoms with Gasteiger partial charge in [-0.1, -0.05) is 38.1 Å². The van der Waals surface area contributed by atoms with Gasteiger partial charge in [0, 0.05) is 18.0 Å². The molecule has 0 radical (unpaired) electrons. The molecule has 0 bridgehead atoms. The predicted molar refractivity (Wildman–Crippen MR) is 98.8 cm³/mol. The summed E-state index contributed by atoms with van der Waals surface area (Å²) in [6.45, 7) is 8.68. The van der Waals surface area contributed by atoms with Gasteiger partial charge >= 0.3 is 0 Å². The van der Waals surface area contributed by atoms with Crippen LogP contribution in [0.4, 0.5) is 0 Å². The van der Waals surface area contributed by atoms with Gasteiger partial charge in [-0.3, -0.25) is 4.79 Å². The lowest BCUT2D eigenvalue weighted by molar-refractivity contribution is -0.149. The monoisotopic (exact) mass is 345 g/mol. The van der Waals surface area contributed by atoms with Crippen LogP contribution in [0.5, 0.6) is 0 Å². The molecule has 138 valence electrons. The second-order valence-corrected chi connectivity index (χ2v) is 8.36. The van der Waals surface area contributed by atoms with E-state index in [-0.39, 0.29) is 17.9 Å². The Bertz CT molecular complexity index is 564. The number of aliphatic hydroxyl groups is 1. The zero-order chi connectivity index (χ0) is 17.9. The van der Waals surface area contributed by atoms with Crippen molar-refractivity contribution in [3.05, 3.63) is 35.4 Å². The molecule has 0 aliphatic carbocycles. The summed E-state index contributed by atoms with van der Waals surface area (Å²) in [5.41, 5.74) is 2.09. The van der Waals surface area contributed by atoms with E-state index in [4.69, 9.17) is 4.74 Å². The fourth-order valence-electron chi connectivity index (χ4n) is 3.96. The number of hydrogen-bond acceptors (Lipinski definition) is 4. The molecule has 1 aromatic carbocycles. The van der Waals surface area contributed by atoms with Gasteiger partial charge in [0.2, 0.25) is 0 Å². The molecule has 0 aromatic heterocycles. The molecule has 4 nitrogen and oxygen atoms in total. The molecule has 2 heterocycles. The topological polar surface area (TPSA) is 49.8 Å². The van der Waals surface area contributed by atoms with Crippen molar-refractivity contribution in [3.63, 3.8) is 0 Å². The van der Waals surface area contributed by atoms with Crippen LogP contribution < -0.4 is 0 Å². The Morgan fingerprint density at radius 3 is 2.36 bits per heavy atom. The molecule has 25 heavy (non-hydrogen) atoms. The number of ketones is 1. The van der Waals surface area contributed by atoms with Crippen molar-refractivity contribution < 1.29 is 14.6 Å². The van der Waals surface area contributed by atoms with Crippen molar-refractivity contribution >= 4 is 5.78 Å². The molecule has 2 aliphatic rings. The number of Topliss-reactive ketones (excluding diaryl/α,β-unsaturated/α-hetero) is 1. The van der Waals surface area contributed by atoms with Crippen molar-refractivity contribution in [2.75, 3.05) is 39.5 Å². The highest BCUT2D eigenvalue weighted by molar-refractivity contribution is 5.97. The molecule has 2 aliphatic heterocycles. The van der Waals surface area contributed by atoms with Crippen LogP contribution in [0.2, 0.25) is 0 Å². The molecule has 0 spiro atoms. The molecule has 0 atom stereocenters. The van der Waals surface area contributed by atoms with E-state index in [9.17, 15) is 9.90 Å². The molecule has 1 N–H and O–H groups in total. The lowest BCUT2D eigenvalue weighted by Gasteiger charge is -2.44. The lowest BCUT2D eigenvalue weighted by atomic mass is 9.84. The van der Waals surface area contributed by atoms with E-state index < -0.39 is 0 Å². The summed E-state index contributed by atoms with van der Waals surface area (Å²) >= 11 is 0. The average molecular weight is 345 g/mol. The van der Waals surface area contributed by atoms with E-state index in [2.05, 4.69) is 30.9 Å². The standard InChI is InChI=1S/C21H31NO3/c1-16(2)11-17-3-5-18(6-4-17)20(24)19-7-9-22(10-8-19)12-21(13-23)14-25-15-21/h3-6,16,19,23H,7-15H2,1-2H3. The summed E-state index contributed by atoms with van der Waals surface area (Å²) in [6.07, 6.45) is 2.88. The number of hydrogen-bond donors (Lipinski definition) is 1. The minimum atomic E-state index is -0.0664. The maximum atomic E-state index is 12.8. The van der Waals surface area contributed by atoms with Crippen molar-refractivity contribution in [2.45, 2.75) is 33.1 Å². The van der Waals surface area contributed by atoms with Gasteiger partial charge in [0.25, 0.3) is 0 Å². The molecule has 0 saturated carbocycles. The normalized spacial score (nSPS) is 21.3. The Labute approximate surface area is 151 Å². The third-order valence-electron chi connectivity index (χ3n) is 5.55. The van der Waals surface area contributed by atoms with Gasteiger partial charge in [-0.2, -0.15) is 0 Å². The quantitative estimate of drug-likeness (QED) is 0.772. The summed E-state index contributed by atoms with van der Waals surface area (Å²) in [5.74, 6) is 1.06. The van der Waals surface area contributed by atoms with Crippen LogP contribution in [0, 0.1) is 17.3 Å². The lowest BCUT2D eigenvalue weighted by Crippen LogP contribution is -2.54. The Morgan fingerprint density at radius 2 is 1.88 bits per heavy atom. The van der Waals surface area contributed by atoms with E-state index in [1.165, 1.54) is 5.56 Å². The number of likely N-dealkylation sites (tertiary alicyclic amines) is 1. The third kappa shape index (κ3) is 4.49. The Hall–Kier alpha value is -1.23. The molecule has 4 heteroatoms. The van der Waals surface area contributed by atoms with Crippen LogP contribution in [0.15, 0.2) is 24.3 Å². The first-order valence-electron chi connectivity index (χ1n) is 9.55. The number of aliphatic hydroxyl groups excluding tert-OH is 1. The van der Waals surface area contributed by atoms with Gasteiger partial charge in [-0.15, -0.1) is 0 Å². The van der Waals surface area contributed by atoms with E-state index in [1.807, 2.05) is 12.1 Å². The zero-order valence-electron chi connectivity index (χ0n) is 15.5. The van der Waals surface area contributed by atoms with Crippen LogP contribution in [-0.4, -0.2) is 55.2 Å². The van der Waals surface area contributed by atoms with Gasteiger partial charge in [-0.25, -0.2) is 0 Å². The van der Waals surface area contributed by atoms with E-state index in [0.29, 0.717) is 24.9 Å². The SMILES string of the molecule is CC(C)Cc1ccc(C(=O)C2CCN(CC3(CO)COC3)CC2)cc1. The third-order valence-corrected chi connectivity index (χ3v) is 5.55. The molecule has 2 saturated heterocycles. The first kappa shape index (κ1) is 18.6. The highest BCUT2D eigenvalue weighted by Crippen LogP contribution is 2.30. The summed E-state index contributed by atoms with van der Waals surface area (Å²) in [6, 6.07) is 8.20. The fraction of sp³-hybridized carbons (Fsp3) is 0.667. The summed E-state index contributed by atoms with van der Waals surface area (Å²) in [7, 11) is 0. The molecule has 0 amide bonds. The van der Waals surface area contributed by atoms with Crippen LogP contribution in [0.3, 0.4) is 0 Å². The summed E-state index contributed by atoms with van der Waals surface area (Å²) in [5, 5.41) is 9.57. The van der Waals surface area contributed by atoms with Gasteiger partial charge < -0.3 is 14.7 Å². The summed E-state index contributed by atoms with van der Waals surface area (Å²) in [4.78, 5) is 15.2. The van der Waals surface area contributed by atoms with Crippen LogP contribution in [0.1, 0.15) is 42.6 Å². The van der Waals surface area contributed by atoms with E-state index >= 15 is 0 Å². The molecule has 3 rings (SSSR count). The van der Waals surface area contributed by atoms with Gasteiger partial charge in [-0.05, 0) is 43.8 Å². The molecule has 2 fully saturated rings. The minimum Gasteiger partial charge on any atom is -0.396 e. The van der Waals surface area contributed by atoms with Crippen molar-refractivity contribution in [1.29, 1.82) is 0 Å². The highest BCUT2D eigenvalue weighted by Gasteiger charge is 2.40. The number of carbonyl (C=O) groups excluding carboxylic acids is 1. The number of carbonyl (C=O) groups is 1. The highest BCUT2D eigenvalue weighted by atomic mass is 16.5. The first-order chi connectivity index (χ1) is 12.0. The maximum absolute atomic E-state index is 12.8. The Kier molecular flexibility index (Phi) is 5.92. The van der Waals surface area contributed by atoms with Gasteiger partial charge in [0.15, 0.2) is 5.78 Å². The molecular formula is C21H31NO3. The predicted octanol–water partition coefficient (Wildman–Crippen LogP) is 2.79. The Morgan fingerprint density at radius 1 is 1.24 bits per heavy atom. The van der Waals surface area contributed by atoms with Crippen molar-refractivity contribution in [1.82, 2.24) is 4.90 Å². The number of piperidine rings is 1. The van der Waals surface area contributed by atoms with Crippen LogP contribution in [0.25, 0.3) is 0 Å². The van der Waals surface area contributed by atoms with E-state index in [1.54, 1.807) is 0 Å². The maximum Gasteiger partial charge on any atom is 0.166 e. The second kappa shape index (κ2) is 7.98. The summed E-state index contributed by atoms with van der Waals surface area (Å²) < 4.78 is 5.28. The fourth-order valence-corrected chi connectivity index (χ4v) is 3.96. The minimum absolute atomic E-state index is 0.0664. The molecular weight excluding hydrogens is 314 g/mol. The van der Waals surface area contributed by atoms with Crippen LogP contribution >= 0.6 is 0 Å². The number of ether oxygens (including phenoxy) is 1. The number of nitrogens with zero attached hydrogens (tertiary/aromatic N) is 1. The zero-order valence-corrected chi connectivity index (χ0v) is 15.5. The van der Waals surface area contributed by atoms with Crippen molar-refractivity contribution in [2.24, 2.45) is 17.3 Å². The number of benzene rings is 1. The Balaban J connectivity index is 1.51. The largest absolute Gasteiger partial charge is 0.396 e. The van der Waals surface area contributed by atoms with Crippen LogP contribution in [-0.2, 0) is 11.2 Å². The molecule has 1 aromatic rings. The molecule has 0 unspecified atom stereocenters. The van der Waals surface area contributed by atoms with Gasteiger partial charge in [0.1, 0.15) is 0 Å². The van der Waals surface area contributed by atoms with E-state index in [0.717, 1.165) is 44.5 Å². The smallest absolute Gasteiger partial charge is 0.166 e. The van der Waals surface area contributed by atoms with Crippen molar-refractivity contribution in [3.8, 4) is 0 Å².